The predicted octanol–water partition coefficient (Wildman–Crippen LogP) is 1.66. The Hall–Kier alpha value is -3.55. The van der Waals surface area contributed by atoms with Crippen molar-refractivity contribution in [3.8, 4) is 5.75 Å². The number of cyclic esters (lactones) is 1. The van der Waals surface area contributed by atoms with Gasteiger partial charge in [-0.25, -0.2) is 4.79 Å². The number of nitrogens with two attached hydrogens (primary N) is 2. The Morgan fingerprint density at radius 1 is 1.12 bits per heavy atom. The van der Waals surface area contributed by atoms with Gasteiger partial charge in [-0.2, -0.15) is 0 Å². The van der Waals surface area contributed by atoms with Crippen LogP contribution in [0.1, 0.15) is 11.1 Å². The average Bonchev–Trinajstić information content (AvgIpc) is 3.01. The fourth-order valence-corrected chi connectivity index (χ4v) is 2.58. The molecule has 26 heavy (non-hydrogen) atoms. The summed E-state index contributed by atoms with van der Waals surface area (Å²) in [7, 11) is 0. The second kappa shape index (κ2) is 7.14. The van der Waals surface area contributed by atoms with Crippen LogP contribution < -0.4 is 21.1 Å². The lowest BCUT2D eigenvalue weighted by Crippen LogP contribution is -2.26. The molecule has 0 radical (unpaired) electrons. The summed E-state index contributed by atoms with van der Waals surface area (Å²) >= 11 is 0. The van der Waals surface area contributed by atoms with Gasteiger partial charge in [-0.05, 0) is 36.4 Å². The zero-order valence-corrected chi connectivity index (χ0v) is 13.9. The number of ether oxygens (including phenoxy) is 2. The van der Waals surface area contributed by atoms with E-state index in [4.69, 9.17) is 31.8 Å². The van der Waals surface area contributed by atoms with E-state index in [1.54, 1.807) is 48.5 Å². The van der Waals surface area contributed by atoms with Crippen molar-refractivity contribution >= 4 is 23.5 Å². The molecule has 134 valence electrons. The van der Waals surface area contributed by atoms with E-state index in [9.17, 15) is 4.79 Å². The van der Waals surface area contributed by atoms with Crippen molar-refractivity contribution in [3.63, 3.8) is 0 Å². The number of anilines is 1. The first-order valence-electron chi connectivity index (χ1n) is 7.94. The second-order valence-electron chi connectivity index (χ2n) is 5.83. The molecule has 1 aliphatic heterocycles. The maximum atomic E-state index is 12.1. The molecule has 6 N–H and O–H groups in total. The van der Waals surface area contributed by atoms with Gasteiger partial charge in [-0.15, -0.1) is 0 Å². The largest absolute Gasteiger partial charge is 0.490 e. The van der Waals surface area contributed by atoms with E-state index in [1.165, 1.54) is 4.90 Å². The van der Waals surface area contributed by atoms with Crippen LogP contribution in [0, 0.1) is 10.8 Å². The minimum Gasteiger partial charge on any atom is -0.490 e. The minimum atomic E-state index is -0.452. The van der Waals surface area contributed by atoms with Gasteiger partial charge >= 0.3 is 6.09 Å². The summed E-state index contributed by atoms with van der Waals surface area (Å²) in [6, 6.07) is 13.7. The summed E-state index contributed by atoms with van der Waals surface area (Å²) < 4.78 is 11.0. The Bertz CT molecular complexity index is 850. The van der Waals surface area contributed by atoms with E-state index in [0.29, 0.717) is 29.1 Å². The number of amidine groups is 2. The number of hydrogen-bond acceptors (Lipinski definition) is 5. The van der Waals surface area contributed by atoms with Crippen LogP contribution >= 0.6 is 0 Å². The molecule has 2 aromatic rings. The number of nitrogens with zero attached hydrogens (tertiary/aromatic N) is 1. The van der Waals surface area contributed by atoms with Crippen LogP contribution in [-0.2, 0) is 4.74 Å². The predicted molar refractivity (Wildman–Crippen MR) is 98.0 cm³/mol. The van der Waals surface area contributed by atoms with E-state index < -0.39 is 12.2 Å². The first kappa shape index (κ1) is 17.3. The molecule has 8 heteroatoms. The molecule has 1 atom stereocenters. The number of carbonyl (C=O) groups is 1. The molecule has 0 saturated carbocycles. The van der Waals surface area contributed by atoms with Gasteiger partial charge in [0.05, 0.1) is 6.54 Å². The highest BCUT2D eigenvalue weighted by atomic mass is 16.6. The van der Waals surface area contributed by atoms with E-state index in [2.05, 4.69) is 0 Å². The van der Waals surface area contributed by atoms with Crippen LogP contribution in [0.15, 0.2) is 48.5 Å². The Morgan fingerprint density at radius 2 is 1.81 bits per heavy atom. The number of nitrogens with one attached hydrogen (secondary N) is 2. The Balaban J connectivity index is 1.62. The van der Waals surface area contributed by atoms with Crippen molar-refractivity contribution in [1.82, 2.24) is 0 Å². The molecule has 0 aromatic heterocycles. The number of carbonyl (C=O) groups excluding carboxylic acids is 1. The normalized spacial score (nSPS) is 16.2. The number of benzene rings is 2. The zero-order valence-electron chi connectivity index (χ0n) is 13.9. The highest BCUT2D eigenvalue weighted by molar-refractivity contribution is 5.96. The number of amides is 1. The van der Waals surface area contributed by atoms with E-state index in [0.717, 1.165) is 0 Å². The summed E-state index contributed by atoms with van der Waals surface area (Å²) in [5, 5.41) is 14.8. The highest BCUT2D eigenvalue weighted by Crippen LogP contribution is 2.23. The topological polar surface area (TPSA) is 139 Å². The Labute approximate surface area is 150 Å². The average molecular weight is 353 g/mol. The van der Waals surface area contributed by atoms with Crippen LogP contribution in [0.25, 0.3) is 0 Å². The van der Waals surface area contributed by atoms with Gasteiger partial charge < -0.3 is 20.9 Å². The van der Waals surface area contributed by atoms with Crippen LogP contribution in [-0.4, -0.2) is 37.0 Å². The van der Waals surface area contributed by atoms with Crippen LogP contribution in [0.5, 0.6) is 5.75 Å². The molecule has 0 aliphatic carbocycles. The second-order valence-corrected chi connectivity index (χ2v) is 5.83. The van der Waals surface area contributed by atoms with Gasteiger partial charge in [0.1, 0.15) is 24.0 Å². The van der Waals surface area contributed by atoms with Crippen molar-refractivity contribution in [2.45, 2.75) is 6.10 Å². The first-order valence-corrected chi connectivity index (χ1v) is 7.94. The zero-order chi connectivity index (χ0) is 18.7. The molecule has 0 spiro atoms. The molecule has 8 nitrogen and oxygen atoms in total. The molecule has 2 aromatic carbocycles. The summed E-state index contributed by atoms with van der Waals surface area (Å²) in [6.07, 6.45) is -0.873. The number of nitrogen functional groups attached to an aromatic ring is 2. The van der Waals surface area contributed by atoms with E-state index in [-0.39, 0.29) is 18.3 Å². The fraction of sp³-hybridized carbons (Fsp3) is 0.167. The lowest BCUT2D eigenvalue weighted by Gasteiger charge is -2.14. The minimum absolute atomic E-state index is 0.0281. The lowest BCUT2D eigenvalue weighted by molar-refractivity contribution is 0.105. The van der Waals surface area contributed by atoms with Gasteiger partial charge in [0.2, 0.25) is 0 Å². The van der Waals surface area contributed by atoms with E-state index >= 15 is 0 Å². The molecule has 1 amide bonds. The molecule has 1 unspecified atom stereocenters. The Morgan fingerprint density at radius 3 is 2.46 bits per heavy atom. The van der Waals surface area contributed by atoms with Crippen LogP contribution in [0.3, 0.4) is 0 Å². The first-order chi connectivity index (χ1) is 12.4. The van der Waals surface area contributed by atoms with Gasteiger partial charge in [0, 0.05) is 16.8 Å². The van der Waals surface area contributed by atoms with E-state index in [1.807, 2.05) is 0 Å². The van der Waals surface area contributed by atoms with Gasteiger partial charge in [0.15, 0.2) is 6.10 Å². The molecule has 1 fully saturated rings. The monoisotopic (exact) mass is 353 g/mol. The number of rotatable bonds is 6. The smallest absolute Gasteiger partial charge is 0.414 e. The summed E-state index contributed by atoms with van der Waals surface area (Å²) in [4.78, 5) is 13.6. The van der Waals surface area contributed by atoms with Gasteiger partial charge in [-0.3, -0.25) is 15.7 Å². The molecule has 1 heterocycles. The maximum Gasteiger partial charge on any atom is 0.414 e. The van der Waals surface area contributed by atoms with Crippen molar-refractivity contribution < 1.29 is 14.3 Å². The SMILES string of the molecule is N=C(N)c1ccc(N2CC(COc3cccc(C(=N)N)c3)OC2=O)cc1. The molecule has 3 rings (SSSR count). The van der Waals surface area contributed by atoms with Crippen molar-refractivity contribution in [3.05, 3.63) is 59.7 Å². The van der Waals surface area contributed by atoms with Gasteiger partial charge in [-0.1, -0.05) is 12.1 Å². The lowest BCUT2D eigenvalue weighted by atomic mass is 10.2. The van der Waals surface area contributed by atoms with Crippen LogP contribution in [0.2, 0.25) is 0 Å². The summed E-state index contributed by atoms with van der Waals surface area (Å²) in [6.45, 7) is 0.541. The Kier molecular flexibility index (Phi) is 4.74. The number of hydrogen-bond donors (Lipinski definition) is 4. The molecule has 0 bridgehead atoms. The third-order valence-electron chi connectivity index (χ3n) is 3.94. The fourth-order valence-electron chi connectivity index (χ4n) is 2.58. The molecular weight excluding hydrogens is 334 g/mol. The molecular formula is C18H19N5O3. The highest BCUT2D eigenvalue weighted by Gasteiger charge is 2.32. The molecule has 1 saturated heterocycles. The third-order valence-corrected chi connectivity index (χ3v) is 3.94. The summed E-state index contributed by atoms with van der Waals surface area (Å²) in [5.41, 5.74) is 12.7. The van der Waals surface area contributed by atoms with Crippen molar-refractivity contribution in [2.75, 3.05) is 18.1 Å². The van der Waals surface area contributed by atoms with Crippen LogP contribution in [0.4, 0.5) is 10.5 Å². The van der Waals surface area contributed by atoms with Gasteiger partial charge in [0.25, 0.3) is 0 Å². The van der Waals surface area contributed by atoms with Crippen molar-refractivity contribution in [1.29, 1.82) is 10.8 Å². The molecule has 1 aliphatic rings. The quantitative estimate of drug-likeness (QED) is 0.462. The van der Waals surface area contributed by atoms with Crippen molar-refractivity contribution in [2.24, 2.45) is 11.5 Å². The summed E-state index contributed by atoms with van der Waals surface area (Å²) in [5.74, 6) is 0.487. The standard InChI is InChI=1S/C18H19N5O3/c19-16(20)11-4-6-13(7-5-11)23-9-15(26-18(23)24)10-25-14-3-1-2-12(8-14)17(21)22/h1-8,15H,9-10H2,(H3,19,20)(H3,21,22). The third kappa shape index (κ3) is 3.75. The maximum absolute atomic E-state index is 12.1.